The van der Waals surface area contributed by atoms with Crippen molar-refractivity contribution in [2.75, 3.05) is 19.8 Å². The standard InChI is InChI=1S/C16H20N2O4/c1-9-3-2-4-12-11(9)5-13(18-12)16(21)17-6-10-7-22-8-14(19)15(10)20/h2-5,10,14-15,18-20H,6-8H2,1H3,(H,17,21)/t10-,14-,15+/m1/s1. The summed E-state index contributed by atoms with van der Waals surface area (Å²) in [5.41, 5.74) is 2.50. The van der Waals surface area contributed by atoms with Gasteiger partial charge in [0.15, 0.2) is 0 Å². The number of aryl methyl sites for hydroxylation is 1. The topological polar surface area (TPSA) is 94.6 Å². The van der Waals surface area contributed by atoms with Gasteiger partial charge in [-0.25, -0.2) is 0 Å². The van der Waals surface area contributed by atoms with Crippen LogP contribution >= 0.6 is 0 Å². The van der Waals surface area contributed by atoms with E-state index in [4.69, 9.17) is 4.74 Å². The molecule has 0 saturated carbocycles. The van der Waals surface area contributed by atoms with Gasteiger partial charge < -0.3 is 25.3 Å². The summed E-state index contributed by atoms with van der Waals surface area (Å²) in [6, 6.07) is 7.68. The van der Waals surface area contributed by atoms with Gasteiger partial charge >= 0.3 is 0 Å². The lowest BCUT2D eigenvalue weighted by atomic mass is 9.96. The van der Waals surface area contributed by atoms with E-state index in [1.165, 1.54) is 0 Å². The van der Waals surface area contributed by atoms with E-state index in [-0.39, 0.29) is 25.0 Å². The maximum absolute atomic E-state index is 12.2. The zero-order chi connectivity index (χ0) is 15.7. The molecule has 6 heteroatoms. The maximum Gasteiger partial charge on any atom is 0.267 e. The predicted molar refractivity (Wildman–Crippen MR) is 81.7 cm³/mol. The second kappa shape index (κ2) is 6.08. The quantitative estimate of drug-likeness (QED) is 0.667. The molecule has 0 spiro atoms. The molecule has 0 unspecified atom stereocenters. The van der Waals surface area contributed by atoms with E-state index in [1.807, 2.05) is 31.2 Å². The fourth-order valence-electron chi connectivity index (χ4n) is 2.78. The van der Waals surface area contributed by atoms with Crippen LogP contribution in [0.5, 0.6) is 0 Å². The number of H-pyrrole nitrogens is 1. The molecule has 6 nitrogen and oxygen atoms in total. The lowest BCUT2D eigenvalue weighted by molar-refractivity contribution is -0.118. The number of aliphatic hydroxyl groups excluding tert-OH is 2. The second-order valence-corrected chi connectivity index (χ2v) is 5.78. The van der Waals surface area contributed by atoms with Crippen LogP contribution in [-0.2, 0) is 4.74 Å². The van der Waals surface area contributed by atoms with Gasteiger partial charge in [0.1, 0.15) is 11.8 Å². The van der Waals surface area contributed by atoms with Gasteiger partial charge in [-0.3, -0.25) is 4.79 Å². The first-order chi connectivity index (χ1) is 10.6. The third-order valence-corrected chi connectivity index (χ3v) is 4.15. The molecule has 1 aliphatic heterocycles. The molecule has 1 aliphatic rings. The number of aromatic amines is 1. The van der Waals surface area contributed by atoms with Gasteiger partial charge in [0.05, 0.1) is 19.3 Å². The number of benzene rings is 1. The van der Waals surface area contributed by atoms with Crippen molar-refractivity contribution in [3.63, 3.8) is 0 Å². The summed E-state index contributed by atoms with van der Waals surface area (Å²) in [7, 11) is 0. The molecule has 1 fully saturated rings. The summed E-state index contributed by atoms with van der Waals surface area (Å²) >= 11 is 0. The van der Waals surface area contributed by atoms with Crippen LogP contribution in [0.25, 0.3) is 10.9 Å². The van der Waals surface area contributed by atoms with Crippen molar-refractivity contribution in [2.45, 2.75) is 19.1 Å². The summed E-state index contributed by atoms with van der Waals surface area (Å²) in [4.78, 5) is 15.3. The predicted octanol–water partition coefficient (Wildman–Crippen LogP) is 0.574. The van der Waals surface area contributed by atoms with E-state index in [9.17, 15) is 15.0 Å². The number of amides is 1. The Balaban J connectivity index is 1.67. The first-order valence-corrected chi connectivity index (χ1v) is 7.36. The summed E-state index contributed by atoms with van der Waals surface area (Å²) in [6.45, 7) is 2.71. The highest BCUT2D eigenvalue weighted by molar-refractivity contribution is 5.98. The Morgan fingerprint density at radius 3 is 3.00 bits per heavy atom. The Bertz CT molecular complexity index is 682. The van der Waals surface area contributed by atoms with Gasteiger partial charge in [-0.05, 0) is 24.6 Å². The Labute approximate surface area is 128 Å². The van der Waals surface area contributed by atoms with Crippen LogP contribution in [0.15, 0.2) is 24.3 Å². The Morgan fingerprint density at radius 2 is 2.23 bits per heavy atom. The fourth-order valence-corrected chi connectivity index (χ4v) is 2.78. The number of rotatable bonds is 3. The van der Waals surface area contributed by atoms with Crippen molar-refractivity contribution < 1.29 is 19.7 Å². The number of aliphatic hydroxyl groups is 2. The lowest BCUT2D eigenvalue weighted by Gasteiger charge is -2.31. The zero-order valence-electron chi connectivity index (χ0n) is 12.4. The average molecular weight is 304 g/mol. The van der Waals surface area contributed by atoms with Crippen molar-refractivity contribution >= 4 is 16.8 Å². The molecule has 0 radical (unpaired) electrons. The van der Waals surface area contributed by atoms with Crippen LogP contribution in [0, 0.1) is 12.8 Å². The fraction of sp³-hybridized carbons (Fsp3) is 0.438. The highest BCUT2D eigenvalue weighted by Gasteiger charge is 2.31. The van der Waals surface area contributed by atoms with E-state index < -0.39 is 12.2 Å². The molecule has 3 atom stereocenters. The summed E-state index contributed by atoms with van der Waals surface area (Å²) in [5.74, 6) is -0.540. The minimum absolute atomic E-state index is 0.132. The van der Waals surface area contributed by atoms with E-state index in [0.29, 0.717) is 12.3 Å². The first kappa shape index (κ1) is 15.0. The number of aromatic nitrogens is 1. The monoisotopic (exact) mass is 304 g/mol. The van der Waals surface area contributed by atoms with Gasteiger partial charge in [0.2, 0.25) is 0 Å². The molecule has 1 aromatic carbocycles. The molecule has 1 saturated heterocycles. The van der Waals surface area contributed by atoms with E-state index in [2.05, 4.69) is 10.3 Å². The summed E-state index contributed by atoms with van der Waals surface area (Å²) < 4.78 is 5.20. The van der Waals surface area contributed by atoms with Gasteiger partial charge in [0, 0.05) is 23.4 Å². The van der Waals surface area contributed by atoms with Crippen molar-refractivity contribution in [1.82, 2.24) is 10.3 Å². The number of nitrogens with one attached hydrogen (secondary N) is 2. The van der Waals surface area contributed by atoms with Crippen molar-refractivity contribution in [3.05, 3.63) is 35.5 Å². The number of carbonyl (C=O) groups excluding carboxylic acids is 1. The molecule has 2 aromatic rings. The van der Waals surface area contributed by atoms with Gasteiger partial charge in [0.25, 0.3) is 5.91 Å². The minimum Gasteiger partial charge on any atom is -0.390 e. The van der Waals surface area contributed by atoms with Crippen LogP contribution < -0.4 is 5.32 Å². The number of hydrogen-bond donors (Lipinski definition) is 4. The normalized spacial score (nSPS) is 25.3. The van der Waals surface area contributed by atoms with Crippen LogP contribution in [0.1, 0.15) is 16.1 Å². The molecule has 22 heavy (non-hydrogen) atoms. The van der Waals surface area contributed by atoms with Crippen molar-refractivity contribution in [3.8, 4) is 0 Å². The second-order valence-electron chi connectivity index (χ2n) is 5.78. The van der Waals surface area contributed by atoms with E-state index in [1.54, 1.807) is 0 Å². The molecule has 0 aliphatic carbocycles. The lowest BCUT2D eigenvalue weighted by Crippen LogP contribution is -2.48. The molecule has 1 aromatic heterocycles. The van der Waals surface area contributed by atoms with Gasteiger partial charge in [-0.1, -0.05) is 12.1 Å². The van der Waals surface area contributed by atoms with E-state index in [0.717, 1.165) is 16.5 Å². The van der Waals surface area contributed by atoms with Crippen LogP contribution in [0.4, 0.5) is 0 Å². The highest BCUT2D eigenvalue weighted by atomic mass is 16.5. The number of carbonyl (C=O) groups is 1. The van der Waals surface area contributed by atoms with E-state index >= 15 is 0 Å². The summed E-state index contributed by atoms with van der Waals surface area (Å²) in [6.07, 6.45) is -1.77. The third kappa shape index (κ3) is 2.85. The van der Waals surface area contributed by atoms with Crippen LogP contribution in [0.3, 0.4) is 0 Å². The molecular formula is C16H20N2O4. The molecule has 4 N–H and O–H groups in total. The highest BCUT2D eigenvalue weighted by Crippen LogP contribution is 2.19. The van der Waals surface area contributed by atoms with Crippen molar-refractivity contribution in [2.24, 2.45) is 5.92 Å². The molecule has 2 heterocycles. The van der Waals surface area contributed by atoms with Crippen LogP contribution in [0.2, 0.25) is 0 Å². The number of ether oxygens (including phenoxy) is 1. The van der Waals surface area contributed by atoms with Gasteiger partial charge in [-0.2, -0.15) is 0 Å². The van der Waals surface area contributed by atoms with Crippen LogP contribution in [-0.4, -0.2) is 53.1 Å². The zero-order valence-corrected chi connectivity index (χ0v) is 12.4. The Hall–Kier alpha value is -1.89. The Morgan fingerprint density at radius 1 is 1.41 bits per heavy atom. The minimum atomic E-state index is -0.897. The number of hydrogen-bond acceptors (Lipinski definition) is 4. The molecular weight excluding hydrogens is 284 g/mol. The van der Waals surface area contributed by atoms with Crippen molar-refractivity contribution in [1.29, 1.82) is 0 Å². The largest absolute Gasteiger partial charge is 0.390 e. The molecule has 3 rings (SSSR count). The molecule has 0 bridgehead atoms. The summed E-state index contributed by atoms with van der Waals surface area (Å²) in [5, 5.41) is 23.2. The third-order valence-electron chi connectivity index (χ3n) is 4.15. The number of fused-ring (bicyclic) bond motifs is 1. The average Bonchev–Trinajstić information content (AvgIpc) is 2.94. The smallest absolute Gasteiger partial charge is 0.267 e. The van der Waals surface area contributed by atoms with Gasteiger partial charge in [-0.15, -0.1) is 0 Å². The molecule has 118 valence electrons. The first-order valence-electron chi connectivity index (χ1n) is 7.36. The Kier molecular flexibility index (Phi) is 4.15. The maximum atomic E-state index is 12.2. The SMILES string of the molecule is Cc1cccc2[nH]c(C(=O)NC[C@@H]3COC[C@@H](O)[C@H]3O)cc12. The molecule has 1 amide bonds.